The van der Waals surface area contributed by atoms with Crippen molar-refractivity contribution < 1.29 is 14.2 Å². The Bertz CT molecular complexity index is 951. The first-order valence-electron chi connectivity index (χ1n) is 9.32. The molecule has 1 aliphatic heterocycles. The van der Waals surface area contributed by atoms with E-state index in [1.165, 1.54) is 5.56 Å². The fourth-order valence-corrected chi connectivity index (χ4v) is 3.07. The normalized spacial score (nSPS) is 15.7. The number of hydrogen-bond donors (Lipinski definition) is 1. The van der Waals surface area contributed by atoms with Gasteiger partial charge in [-0.15, -0.1) is 0 Å². The van der Waals surface area contributed by atoms with Crippen LogP contribution in [0.3, 0.4) is 0 Å². The predicted octanol–water partition coefficient (Wildman–Crippen LogP) is 3.74. The van der Waals surface area contributed by atoms with Crippen molar-refractivity contribution in [2.75, 3.05) is 0 Å². The molecule has 1 atom stereocenters. The topological polar surface area (TPSA) is 76.7 Å². The Morgan fingerprint density at radius 2 is 1.79 bits per heavy atom. The second-order valence-corrected chi connectivity index (χ2v) is 6.71. The highest BCUT2D eigenvalue weighted by Crippen LogP contribution is 2.20. The van der Waals surface area contributed by atoms with Crippen LogP contribution in [0.25, 0.3) is 11.3 Å². The quantitative estimate of drug-likeness (QED) is 0.683. The van der Waals surface area contributed by atoms with E-state index in [1.54, 1.807) is 0 Å². The van der Waals surface area contributed by atoms with E-state index in [0.29, 0.717) is 17.9 Å². The van der Waals surface area contributed by atoms with Gasteiger partial charge in [-0.3, -0.25) is 4.79 Å². The van der Waals surface area contributed by atoms with Crippen LogP contribution in [0, 0.1) is 0 Å². The number of amides is 1. The number of aromatic nitrogens is 1. The molecule has 1 aliphatic rings. The summed E-state index contributed by atoms with van der Waals surface area (Å²) in [5, 5.41) is 10.9. The number of aryl methyl sites for hydroxylation is 1. The van der Waals surface area contributed by atoms with Crippen molar-refractivity contribution in [1.29, 1.82) is 0 Å². The van der Waals surface area contributed by atoms with Gasteiger partial charge in [0.2, 0.25) is 6.10 Å². The first kappa shape index (κ1) is 18.0. The molecule has 6 nitrogen and oxygen atoms in total. The van der Waals surface area contributed by atoms with Gasteiger partial charge in [0.15, 0.2) is 5.76 Å². The van der Waals surface area contributed by atoms with E-state index in [-0.39, 0.29) is 12.5 Å². The van der Waals surface area contributed by atoms with E-state index >= 15 is 0 Å². The van der Waals surface area contributed by atoms with Gasteiger partial charge in [-0.2, -0.15) is 0 Å². The third kappa shape index (κ3) is 4.46. The minimum absolute atomic E-state index is 0.192. The summed E-state index contributed by atoms with van der Waals surface area (Å²) >= 11 is 0. The number of nitrogens with one attached hydrogen (secondary N) is 1. The average molecular weight is 375 g/mol. The second kappa shape index (κ2) is 8.52. The van der Waals surface area contributed by atoms with Crippen molar-refractivity contribution >= 4 is 11.6 Å². The van der Waals surface area contributed by atoms with Gasteiger partial charge in [-0.25, -0.2) is 0 Å². The molecular weight excluding hydrogens is 354 g/mol. The van der Waals surface area contributed by atoms with Gasteiger partial charge < -0.3 is 14.7 Å². The van der Waals surface area contributed by atoms with Gasteiger partial charge >= 0.3 is 0 Å². The maximum absolute atomic E-state index is 12.3. The van der Waals surface area contributed by atoms with Gasteiger partial charge in [-0.05, 0) is 18.4 Å². The zero-order valence-electron chi connectivity index (χ0n) is 15.4. The summed E-state index contributed by atoms with van der Waals surface area (Å²) < 4.78 is 5.34. The molecule has 3 aromatic rings. The van der Waals surface area contributed by atoms with Gasteiger partial charge in [0, 0.05) is 18.1 Å². The van der Waals surface area contributed by atoms with Crippen molar-refractivity contribution in [3.8, 4) is 11.3 Å². The molecule has 1 aromatic heterocycles. The Kier molecular flexibility index (Phi) is 5.47. The molecule has 0 spiro atoms. The lowest BCUT2D eigenvalue weighted by Gasteiger charge is -2.08. The fraction of sp³-hybridized carbons (Fsp3) is 0.227. The summed E-state index contributed by atoms with van der Waals surface area (Å²) in [6.07, 6.45) is 1.62. The number of nitrogens with zero attached hydrogens (tertiary/aromatic N) is 2. The summed E-state index contributed by atoms with van der Waals surface area (Å²) in [7, 11) is 0. The van der Waals surface area contributed by atoms with E-state index in [2.05, 4.69) is 27.8 Å². The lowest BCUT2D eigenvalue weighted by atomic mass is 10.0. The fourth-order valence-electron chi connectivity index (χ4n) is 3.07. The van der Waals surface area contributed by atoms with Gasteiger partial charge in [0.1, 0.15) is 5.69 Å². The van der Waals surface area contributed by atoms with Crippen LogP contribution >= 0.6 is 0 Å². The number of benzene rings is 2. The van der Waals surface area contributed by atoms with E-state index in [9.17, 15) is 4.79 Å². The van der Waals surface area contributed by atoms with E-state index in [1.807, 2.05) is 54.6 Å². The summed E-state index contributed by atoms with van der Waals surface area (Å²) in [6.45, 7) is 0.286. The molecule has 2 aromatic carbocycles. The molecule has 0 aliphatic carbocycles. The zero-order chi connectivity index (χ0) is 19.2. The first-order chi connectivity index (χ1) is 13.8. The van der Waals surface area contributed by atoms with Gasteiger partial charge in [0.05, 0.1) is 12.3 Å². The monoisotopic (exact) mass is 375 g/mol. The molecule has 4 rings (SSSR count). The molecule has 0 radical (unpaired) electrons. The minimum Gasteiger partial charge on any atom is -0.382 e. The Balaban J connectivity index is 1.23. The Morgan fingerprint density at radius 1 is 1.04 bits per heavy atom. The van der Waals surface area contributed by atoms with Crippen LogP contribution in [0.15, 0.2) is 76.4 Å². The zero-order valence-corrected chi connectivity index (χ0v) is 15.4. The molecular formula is C22H21N3O3. The SMILES string of the molecule is O=C(NCc1cc(-c2ccccc2)on1)C1CC(CCc2ccccc2)=NO1. The van der Waals surface area contributed by atoms with Crippen molar-refractivity contribution in [1.82, 2.24) is 10.5 Å². The van der Waals surface area contributed by atoms with Gasteiger partial charge in [0.25, 0.3) is 5.91 Å². The van der Waals surface area contributed by atoms with E-state index in [4.69, 9.17) is 9.36 Å². The molecule has 0 bridgehead atoms. The summed E-state index contributed by atoms with van der Waals surface area (Å²) in [4.78, 5) is 17.7. The van der Waals surface area contributed by atoms with Crippen LogP contribution < -0.4 is 5.32 Å². The molecule has 1 amide bonds. The molecule has 2 heterocycles. The highest BCUT2D eigenvalue weighted by Gasteiger charge is 2.27. The van der Waals surface area contributed by atoms with Crippen LogP contribution in [0.2, 0.25) is 0 Å². The van der Waals surface area contributed by atoms with Crippen molar-refractivity contribution in [3.05, 3.63) is 78.0 Å². The van der Waals surface area contributed by atoms with E-state index in [0.717, 1.165) is 24.1 Å². The Morgan fingerprint density at radius 3 is 2.57 bits per heavy atom. The van der Waals surface area contributed by atoms with Crippen LogP contribution in [0.4, 0.5) is 0 Å². The highest BCUT2D eigenvalue weighted by molar-refractivity contribution is 5.92. The molecule has 1 N–H and O–H groups in total. The Labute approximate surface area is 163 Å². The minimum atomic E-state index is -0.578. The van der Waals surface area contributed by atoms with Crippen molar-refractivity contribution in [2.24, 2.45) is 5.16 Å². The standard InChI is InChI=1S/C22H21N3O3/c26-22(21-13-18(24-28-21)12-11-16-7-3-1-4-8-16)23-15-19-14-20(27-25-19)17-9-5-2-6-10-17/h1-10,14,21H,11-13,15H2,(H,23,26). The molecule has 0 fully saturated rings. The number of rotatable bonds is 7. The number of carbonyl (C=O) groups excluding carboxylic acids is 1. The lowest BCUT2D eigenvalue weighted by Crippen LogP contribution is -2.34. The molecule has 28 heavy (non-hydrogen) atoms. The third-order valence-electron chi connectivity index (χ3n) is 4.63. The molecule has 6 heteroatoms. The van der Waals surface area contributed by atoms with Crippen LogP contribution in [0.1, 0.15) is 24.1 Å². The maximum Gasteiger partial charge on any atom is 0.264 e. The largest absolute Gasteiger partial charge is 0.382 e. The lowest BCUT2D eigenvalue weighted by molar-refractivity contribution is -0.131. The molecule has 0 saturated heterocycles. The van der Waals surface area contributed by atoms with Crippen LogP contribution in [-0.2, 0) is 22.6 Å². The maximum atomic E-state index is 12.3. The summed E-state index contributed by atoms with van der Waals surface area (Å²) in [5.41, 5.74) is 3.77. The first-order valence-corrected chi connectivity index (χ1v) is 9.32. The number of carbonyl (C=O) groups is 1. The van der Waals surface area contributed by atoms with Crippen LogP contribution in [-0.4, -0.2) is 22.9 Å². The molecule has 142 valence electrons. The smallest absolute Gasteiger partial charge is 0.264 e. The molecule has 0 saturated carbocycles. The number of oxime groups is 1. The number of hydrogen-bond acceptors (Lipinski definition) is 5. The van der Waals surface area contributed by atoms with Crippen LogP contribution in [0.5, 0.6) is 0 Å². The summed E-state index contributed by atoms with van der Waals surface area (Å²) in [5.74, 6) is 0.483. The second-order valence-electron chi connectivity index (χ2n) is 6.71. The molecule has 1 unspecified atom stereocenters. The van der Waals surface area contributed by atoms with Gasteiger partial charge in [-0.1, -0.05) is 71.0 Å². The van der Waals surface area contributed by atoms with Crippen molar-refractivity contribution in [3.63, 3.8) is 0 Å². The predicted molar refractivity (Wildman–Crippen MR) is 105 cm³/mol. The van der Waals surface area contributed by atoms with Crippen molar-refractivity contribution in [2.45, 2.75) is 31.9 Å². The Hall–Kier alpha value is -3.41. The summed E-state index contributed by atoms with van der Waals surface area (Å²) in [6, 6.07) is 21.7. The van der Waals surface area contributed by atoms with E-state index < -0.39 is 6.10 Å². The average Bonchev–Trinajstić information content (AvgIpc) is 3.42. The third-order valence-corrected chi connectivity index (χ3v) is 4.63. The highest BCUT2D eigenvalue weighted by atomic mass is 16.6.